The van der Waals surface area contributed by atoms with Gasteiger partial charge in [0.05, 0.1) is 22.9 Å². The van der Waals surface area contributed by atoms with Crippen molar-refractivity contribution in [1.82, 2.24) is 4.57 Å². The first-order valence-electron chi connectivity index (χ1n) is 7.49. The van der Waals surface area contributed by atoms with E-state index in [1.165, 1.54) is 0 Å². The Bertz CT molecular complexity index is 1170. The van der Waals surface area contributed by atoms with Crippen LogP contribution in [0.5, 0.6) is 5.88 Å². The number of aromatic hydroxyl groups is 1. The third kappa shape index (κ3) is 3.57. The summed E-state index contributed by atoms with van der Waals surface area (Å²) in [5.74, 6) is -4.20. The van der Waals surface area contributed by atoms with Gasteiger partial charge in [0.15, 0.2) is 3.95 Å². The number of thiazole rings is 1. The molecule has 0 bridgehead atoms. The van der Waals surface area contributed by atoms with Gasteiger partial charge in [-0.1, -0.05) is 15.9 Å². The van der Waals surface area contributed by atoms with Crippen molar-refractivity contribution in [2.75, 3.05) is 0 Å². The van der Waals surface area contributed by atoms with Crippen molar-refractivity contribution in [3.63, 3.8) is 0 Å². The van der Waals surface area contributed by atoms with Crippen molar-refractivity contribution in [2.24, 2.45) is 4.99 Å². The largest absolute Gasteiger partial charge is 0.550 e. The van der Waals surface area contributed by atoms with Crippen LogP contribution in [0.4, 0.5) is 0 Å². The zero-order valence-corrected chi connectivity index (χ0v) is 16.5. The molecule has 1 atom stereocenters. The number of carboxylic acids is 2. The Labute approximate surface area is 168 Å². The number of benzene rings is 1. The van der Waals surface area contributed by atoms with Crippen molar-refractivity contribution >= 4 is 62.9 Å². The van der Waals surface area contributed by atoms with E-state index in [0.717, 1.165) is 15.9 Å². The van der Waals surface area contributed by atoms with Crippen molar-refractivity contribution in [1.29, 1.82) is 0 Å². The molecule has 1 aliphatic rings. The number of halogens is 1. The van der Waals surface area contributed by atoms with Crippen molar-refractivity contribution in [3.05, 3.63) is 42.1 Å². The third-order valence-corrected chi connectivity index (χ3v) is 5.82. The summed E-state index contributed by atoms with van der Waals surface area (Å²) in [6, 6.07) is 3.47. The molecule has 0 saturated carbocycles. The van der Waals surface area contributed by atoms with Crippen molar-refractivity contribution in [2.45, 2.75) is 18.9 Å². The third-order valence-electron chi connectivity index (χ3n) is 3.91. The molecule has 1 amide bonds. The van der Waals surface area contributed by atoms with Gasteiger partial charge in [-0.15, -0.1) is 11.3 Å². The maximum Gasteiger partial charge on any atom is 0.279 e. The number of amides is 1. The fourth-order valence-electron chi connectivity index (χ4n) is 2.73. The van der Waals surface area contributed by atoms with Crippen LogP contribution in [0.2, 0.25) is 0 Å². The first-order chi connectivity index (χ1) is 12.7. The normalized spacial score (nSPS) is 14.0. The number of rotatable bonds is 6. The van der Waals surface area contributed by atoms with Crippen LogP contribution in [0.3, 0.4) is 0 Å². The summed E-state index contributed by atoms with van der Waals surface area (Å²) in [5, 5.41) is 33.6. The molecule has 0 unspecified atom stereocenters. The number of aliphatic carboxylic acids is 2. The van der Waals surface area contributed by atoms with Crippen LogP contribution in [-0.2, 0) is 14.4 Å². The minimum atomic E-state index is -1.61. The number of carbonyl (C=O) groups excluding carboxylic acids is 3. The zero-order chi connectivity index (χ0) is 19.9. The molecule has 2 aromatic rings. The van der Waals surface area contributed by atoms with E-state index < -0.39 is 42.6 Å². The summed E-state index contributed by atoms with van der Waals surface area (Å²) >= 11 is 9.27. The summed E-state index contributed by atoms with van der Waals surface area (Å²) in [5.41, 5.74) is 0.0932. The fraction of sp³-hybridized carbons (Fsp3) is 0.188. The van der Waals surface area contributed by atoms with Crippen molar-refractivity contribution < 1.29 is 29.7 Å². The fourth-order valence-corrected chi connectivity index (χ4v) is 4.53. The van der Waals surface area contributed by atoms with Gasteiger partial charge in [0.1, 0.15) is 4.88 Å². The van der Waals surface area contributed by atoms with Gasteiger partial charge >= 0.3 is 0 Å². The van der Waals surface area contributed by atoms with Crippen LogP contribution >= 0.6 is 39.5 Å². The van der Waals surface area contributed by atoms with Gasteiger partial charge in [-0.2, -0.15) is 0 Å². The Morgan fingerprint density at radius 2 is 2.07 bits per heavy atom. The smallest absolute Gasteiger partial charge is 0.279 e. The van der Waals surface area contributed by atoms with Crippen LogP contribution in [-0.4, -0.2) is 27.5 Å². The van der Waals surface area contributed by atoms with E-state index in [4.69, 9.17) is 12.2 Å². The molecule has 1 N–H and O–H groups in total. The molecule has 0 spiro atoms. The number of nitrogens with zero attached hydrogens (tertiary/aromatic N) is 2. The predicted molar refractivity (Wildman–Crippen MR) is 95.5 cm³/mol. The molecule has 1 aromatic carbocycles. The molecule has 8 nitrogen and oxygen atoms in total. The lowest BCUT2D eigenvalue weighted by molar-refractivity contribution is -0.312. The van der Waals surface area contributed by atoms with E-state index in [1.54, 1.807) is 18.2 Å². The molecule has 1 aromatic heterocycles. The Balaban J connectivity index is 2.20. The second-order valence-electron chi connectivity index (χ2n) is 5.59. The lowest BCUT2D eigenvalue weighted by atomic mass is 10.1. The quantitative estimate of drug-likeness (QED) is 0.533. The zero-order valence-electron chi connectivity index (χ0n) is 13.3. The number of hydrogen-bond acceptors (Lipinski definition) is 8. The topological polar surface area (TPSA) is 135 Å². The average Bonchev–Trinajstić information content (AvgIpc) is 3.04. The Kier molecular flexibility index (Phi) is 5.27. The Morgan fingerprint density at radius 3 is 2.70 bits per heavy atom. The van der Waals surface area contributed by atoms with Crippen molar-refractivity contribution in [3.8, 4) is 5.88 Å². The molecule has 140 valence electrons. The van der Waals surface area contributed by atoms with Gasteiger partial charge in [0, 0.05) is 15.7 Å². The van der Waals surface area contributed by atoms with Crippen LogP contribution in [0, 0.1) is 3.95 Å². The second kappa shape index (κ2) is 7.33. The summed E-state index contributed by atoms with van der Waals surface area (Å²) < 4.78 is 1.52. The summed E-state index contributed by atoms with van der Waals surface area (Å²) in [6.45, 7) is 0. The van der Waals surface area contributed by atoms with E-state index in [1.807, 2.05) is 0 Å². The highest BCUT2D eigenvalue weighted by Gasteiger charge is 2.28. The van der Waals surface area contributed by atoms with Gasteiger partial charge < -0.3 is 24.9 Å². The maximum absolute atomic E-state index is 12.4. The predicted octanol–water partition coefficient (Wildman–Crippen LogP) is -1.07. The molecule has 27 heavy (non-hydrogen) atoms. The van der Waals surface area contributed by atoms with Gasteiger partial charge in [0.2, 0.25) is 5.88 Å². The molecule has 1 aliphatic heterocycles. The monoisotopic (exact) mass is 468 g/mol. The first kappa shape index (κ1) is 19.4. The second-order valence-corrected chi connectivity index (χ2v) is 8.15. The first-order valence-corrected chi connectivity index (χ1v) is 9.50. The van der Waals surface area contributed by atoms with Crippen LogP contribution < -0.4 is 20.8 Å². The molecule has 2 heterocycles. The highest BCUT2D eigenvalue weighted by molar-refractivity contribution is 9.10. The SMILES string of the molecule is O=C([O-])CC[C@@H](C(=O)[O-])n1c(O)c(C2=c3cc(Br)ccc3=NC2=O)sc1=S. The number of hydrogen-bond donors (Lipinski definition) is 1. The molecular weight excluding hydrogens is 460 g/mol. The molecule has 0 fully saturated rings. The van der Waals surface area contributed by atoms with E-state index >= 15 is 0 Å². The summed E-state index contributed by atoms with van der Waals surface area (Å²) in [6.07, 6.45) is -0.954. The molecule has 3 rings (SSSR count). The van der Waals surface area contributed by atoms with Crippen LogP contribution in [0.25, 0.3) is 5.57 Å². The average molecular weight is 469 g/mol. The highest BCUT2D eigenvalue weighted by Crippen LogP contribution is 2.36. The Morgan fingerprint density at radius 1 is 1.37 bits per heavy atom. The number of carboxylic acid groups (broad SMARTS) is 2. The van der Waals surface area contributed by atoms with Crippen LogP contribution in [0.1, 0.15) is 23.8 Å². The molecule has 0 radical (unpaired) electrons. The molecule has 0 saturated heterocycles. The minimum absolute atomic E-state index is 0.0428. The van der Waals surface area contributed by atoms with Gasteiger partial charge in [-0.05, 0) is 43.3 Å². The van der Waals surface area contributed by atoms with Crippen LogP contribution in [0.15, 0.2) is 27.7 Å². The summed E-state index contributed by atoms with van der Waals surface area (Å²) in [7, 11) is 0. The van der Waals surface area contributed by atoms with Gasteiger partial charge in [0.25, 0.3) is 5.91 Å². The minimum Gasteiger partial charge on any atom is -0.550 e. The molecule has 11 heteroatoms. The number of aromatic nitrogens is 1. The standard InChI is InChI=1S/C16H11BrN2O6S2/c17-6-1-2-8-7(5-6)11(13(22)18-8)12-14(23)19(16(26)27-12)9(15(24)25)3-4-10(20)21/h1-2,5,9,23H,3-4H2,(H,20,21)(H,24,25)/p-2/t9-/m0/s1. The molecular formula is C16H9BrN2O6S2-2. The number of carbonyl (C=O) groups is 3. The highest BCUT2D eigenvalue weighted by atomic mass is 79.9. The van der Waals surface area contributed by atoms with E-state index in [0.29, 0.717) is 15.0 Å². The summed E-state index contributed by atoms with van der Waals surface area (Å²) in [4.78, 5) is 38.5. The van der Waals surface area contributed by atoms with Gasteiger partial charge in [-0.25, -0.2) is 4.99 Å². The van der Waals surface area contributed by atoms with E-state index in [-0.39, 0.29) is 14.4 Å². The number of fused-ring (bicyclic) bond motifs is 1. The lowest BCUT2D eigenvalue weighted by Gasteiger charge is -2.20. The lowest BCUT2D eigenvalue weighted by Crippen LogP contribution is -2.34. The van der Waals surface area contributed by atoms with Gasteiger partial charge in [-0.3, -0.25) is 9.36 Å². The molecule has 0 aliphatic carbocycles. The maximum atomic E-state index is 12.4. The Hall–Kier alpha value is -2.37. The van der Waals surface area contributed by atoms with E-state index in [9.17, 15) is 29.7 Å². The van der Waals surface area contributed by atoms with E-state index in [2.05, 4.69) is 20.9 Å².